The minimum Gasteiger partial charge on any atom is -0.383 e. The van der Waals surface area contributed by atoms with Crippen LogP contribution >= 0.6 is 24.0 Å². The Balaban J connectivity index is 2.55. The second kappa shape index (κ2) is 5.81. The number of thiol groups is 1. The van der Waals surface area contributed by atoms with Crippen LogP contribution in [0.4, 0.5) is 5.69 Å². The van der Waals surface area contributed by atoms with Crippen LogP contribution in [-0.4, -0.2) is 18.4 Å². The Morgan fingerprint density at radius 2 is 2.21 bits per heavy atom. The molecule has 6 N–H and O–H groups in total. The molecule has 0 fully saturated rings. The molecule has 1 aromatic carbocycles. The Morgan fingerprint density at radius 1 is 1.47 bits per heavy atom. The Morgan fingerprint density at radius 3 is 2.79 bits per heavy atom. The third kappa shape index (κ3) is 3.02. The number of nitrogens with two attached hydrogens (primary N) is 2. The van der Waals surface area contributed by atoms with E-state index >= 15 is 0 Å². The van der Waals surface area contributed by atoms with Gasteiger partial charge in [-0.05, 0) is 30.7 Å². The van der Waals surface area contributed by atoms with Gasteiger partial charge in [0.1, 0.15) is 5.84 Å². The summed E-state index contributed by atoms with van der Waals surface area (Å²) in [6.07, 6.45) is 0. The predicted molar refractivity (Wildman–Crippen MR) is 87.7 cm³/mol. The molecular formula is C13H18N4S2. The summed E-state index contributed by atoms with van der Waals surface area (Å²) in [5.41, 5.74) is 13.4. The van der Waals surface area contributed by atoms with Crippen molar-refractivity contribution >= 4 is 45.6 Å². The summed E-state index contributed by atoms with van der Waals surface area (Å²) in [5, 5.41) is 12.0. The molecule has 4 nitrogen and oxygen atoms in total. The van der Waals surface area contributed by atoms with Crippen molar-refractivity contribution in [3.8, 4) is 0 Å². The summed E-state index contributed by atoms with van der Waals surface area (Å²) >= 11 is 5.86. The maximum Gasteiger partial charge on any atom is 0.133 e. The van der Waals surface area contributed by atoms with Crippen molar-refractivity contribution in [2.75, 3.05) is 11.9 Å². The predicted octanol–water partition coefficient (Wildman–Crippen LogP) is 2.37. The number of nitrogen functional groups attached to an aromatic ring is 1. The lowest BCUT2D eigenvalue weighted by Gasteiger charge is -2.15. The van der Waals surface area contributed by atoms with Crippen molar-refractivity contribution in [2.24, 2.45) is 11.5 Å². The van der Waals surface area contributed by atoms with E-state index in [0.29, 0.717) is 12.3 Å². The number of nitrogens with one attached hydrogen (secondary N) is 2. The number of thiophene rings is 1. The van der Waals surface area contributed by atoms with E-state index in [9.17, 15) is 0 Å². The third-order valence-corrected chi connectivity index (χ3v) is 4.38. The van der Waals surface area contributed by atoms with E-state index in [1.807, 2.05) is 13.0 Å². The zero-order valence-electron chi connectivity index (χ0n) is 10.7. The maximum absolute atomic E-state index is 7.55. The van der Waals surface area contributed by atoms with Gasteiger partial charge in [-0.3, -0.25) is 5.41 Å². The molecule has 1 unspecified atom stereocenters. The molecule has 2 rings (SSSR count). The Labute approximate surface area is 122 Å². The molecule has 0 aliphatic heterocycles. The normalized spacial score (nSPS) is 12.6. The van der Waals surface area contributed by atoms with Gasteiger partial charge in [0, 0.05) is 34.1 Å². The highest BCUT2D eigenvalue weighted by Gasteiger charge is 2.11. The quantitative estimate of drug-likeness (QED) is 0.333. The second-order valence-electron chi connectivity index (χ2n) is 4.52. The summed E-state index contributed by atoms with van der Waals surface area (Å²) < 4.78 is 1.11. The first kappa shape index (κ1) is 14.2. The van der Waals surface area contributed by atoms with Crippen molar-refractivity contribution in [1.82, 2.24) is 0 Å². The van der Waals surface area contributed by atoms with Gasteiger partial charge < -0.3 is 16.8 Å². The van der Waals surface area contributed by atoms with Crippen molar-refractivity contribution in [1.29, 1.82) is 5.41 Å². The van der Waals surface area contributed by atoms with E-state index in [1.165, 1.54) is 11.3 Å². The van der Waals surface area contributed by atoms with E-state index in [1.54, 1.807) is 0 Å². The molecule has 0 amide bonds. The van der Waals surface area contributed by atoms with Crippen LogP contribution in [0.2, 0.25) is 0 Å². The summed E-state index contributed by atoms with van der Waals surface area (Å²) in [6.45, 7) is 2.60. The average molecular weight is 294 g/mol. The molecule has 1 aromatic heterocycles. The number of hydrogen-bond donors (Lipinski definition) is 5. The molecule has 2 aromatic rings. The molecule has 0 bridgehead atoms. The topological polar surface area (TPSA) is 87.9 Å². The number of amidine groups is 1. The fourth-order valence-corrected chi connectivity index (χ4v) is 3.06. The van der Waals surface area contributed by atoms with Crippen molar-refractivity contribution in [3.05, 3.63) is 28.6 Å². The zero-order chi connectivity index (χ0) is 14.0. The monoisotopic (exact) mass is 294 g/mol. The lowest BCUT2D eigenvalue weighted by Crippen LogP contribution is -2.25. The highest BCUT2D eigenvalue weighted by Crippen LogP contribution is 2.33. The lowest BCUT2D eigenvalue weighted by molar-refractivity contribution is 0.805. The second-order valence-corrected chi connectivity index (χ2v) is 5.92. The van der Waals surface area contributed by atoms with Gasteiger partial charge in [0.05, 0.1) is 4.88 Å². The van der Waals surface area contributed by atoms with Gasteiger partial charge in [0.2, 0.25) is 0 Å². The Kier molecular flexibility index (Phi) is 4.34. The molecule has 0 aliphatic rings. The van der Waals surface area contributed by atoms with Gasteiger partial charge in [0.15, 0.2) is 0 Å². The first-order valence-electron chi connectivity index (χ1n) is 6.03. The van der Waals surface area contributed by atoms with E-state index < -0.39 is 0 Å². The smallest absolute Gasteiger partial charge is 0.133 e. The SMILES string of the molecule is CC(CN)Nc1cc(CS)cc2sc(C(=N)N)cc12. The molecule has 1 heterocycles. The summed E-state index contributed by atoms with van der Waals surface area (Å²) in [7, 11) is 0. The van der Waals surface area contributed by atoms with Crippen molar-refractivity contribution < 1.29 is 0 Å². The molecule has 0 radical (unpaired) electrons. The molecule has 0 aliphatic carbocycles. The van der Waals surface area contributed by atoms with Crippen molar-refractivity contribution in [3.63, 3.8) is 0 Å². The highest BCUT2D eigenvalue weighted by molar-refractivity contribution is 7.79. The van der Waals surface area contributed by atoms with Crippen LogP contribution in [0.15, 0.2) is 18.2 Å². The molecule has 6 heteroatoms. The van der Waals surface area contributed by atoms with E-state index in [2.05, 4.69) is 30.1 Å². The van der Waals surface area contributed by atoms with Gasteiger partial charge in [-0.25, -0.2) is 0 Å². The molecule has 0 spiro atoms. The van der Waals surface area contributed by atoms with Gasteiger partial charge in [-0.1, -0.05) is 0 Å². The summed E-state index contributed by atoms with van der Waals surface area (Å²) in [4.78, 5) is 0.787. The zero-order valence-corrected chi connectivity index (χ0v) is 12.4. The van der Waals surface area contributed by atoms with Crippen molar-refractivity contribution in [2.45, 2.75) is 18.7 Å². The number of benzene rings is 1. The number of fused-ring (bicyclic) bond motifs is 1. The molecular weight excluding hydrogens is 276 g/mol. The molecule has 102 valence electrons. The lowest BCUT2D eigenvalue weighted by atomic mass is 10.1. The molecule has 0 saturated carbocycles. The standard InChI is InChI=1S/C13H18N4S2/c1-7(5-14)17-10-2-8(6-18)3-11-9(10)4-12(19-11)13(15)16/h2-4,7,17-18H,5-6,14H2,1H3,(H3,15,16). The summed E-state index contributed by atoms with van der Waals surface area (Å²) in [5.74, 6) is 0.779. The number of anilines is 1. The fourth-order valence-electron chi connectivity index (χ4n) is 1.86. The molecule has 19 heavy (non-hydrogen) atoms. The van der Waals surface area contributed by atoms with Crippen LogP contribution in [-0.2, 0) is 5.75 Å². The Bertz CT molecular complexity index is 606. The highest BCUT2D eigenvalue weighted by atomic mass is 32.1. The maximum atomic E-state index is 7.55. The van der Waals surface area contributed by atoms with E-state index in [-0.39, 0.29) is 11.9 Å². The first-order valence-corrected chi connectivity index (χ1v) is 7.48. The van der Waals surface area contributed by atoms with Gasteiger partial charge in [0.25, 0.3) is 0 Å². The average Bonchev–Trinajstić information content (AvgIpc) is 2.82. The van der Waals surface area contributed by atoms with Crippen LogP contribution in [0.1, 0.15) is 17.4 Å². The van der Waals surface area contributed by atoms with Crippen LogP contribution in [0.3, 0.4) is 0 Å². The van der Waals surface area contributed by atoms with E-state index in [0.717, 1.165) is 26.2 Å². The molecule has 1 atom stereocenters. The molecule has 0 saturated heterocycles. The minimum atomic E-state index is 0.103. The van der Waals surface area contributed by atoms with Crippen LogP contribution in [0, 0.1) is 5.41 Å². The van der Waals surface area contributed by atoms with Gasteiger partial charge in [-0.15, -0.1) is 11.3 Å². The van der Waals surface area contributed by atoms with Crippen LogP contribution < -0.4 is 16.8 Å². The van der Waals surface area contributed by atoms with Gasteiger partial charge in [-0.2, -0.15) is 12.6 Å². The fraction of sp³-hybridized carbons (Fsp3) is 0.308. The minimum absolute atomic E-state index is 0.103. The van der Waals surface area contributed by atoms with Gasteiger partial charge >= 0.3 is 0 Å². The number of hydrogen-bond acceptors (Lipinski definition) is 5. The largest absolute Gasteiger partial charge is 0.383 e. The van der Waals surface area contributed by atoms with E-state index in [4.69, 9.17) is 16.9 Å². The Hall–Kier alpha value is -1.24. The number of rotatable bonds is 5. The third-order valence-electron chi connectivity index (χ3n) is 2.90. The first-order chi connectivity index (χ1) is 9.05. The summed E-state index contributed by atoms with van der Waals surface area (Å²) in [6, 6.07) is 6.32. The van der Waals surface area contributed by atoms with Crippen LogP contribution in [0.5, 0.6) is 0 Å². The van der Waals surface area contributed by atoms with Crippen LogP contribution in [0.25, 0.3) is 10.1 Å².